The third-order valence-corrected chi connectivity index (χ3v) is 3.88. The van der Waals surface area contributed by atoms with Crippen LogP contribution in [0.5, 0.6) is 0 Å². The third kappa shape index (κ3) is 3.01. The Morgan fingerprint density at radius 2 is 2.47 bits per heavy atom. The van der Waals surface area contributed by atoms with E-state index >= 15 is 0 Å². The van der Waals surface area contributed by atoms with E-state index in [1.165, 1.54) is 24.2 Å². The molecule has 0 aromatic carbocycles. The standard InChI is InChI=1S/C11H15N3OS2/c1-2-7(9(12)16)10(15)14-11-13-8(5-17-11)6-3-4-6/h5-7H,2-4H2,1H3,(H2,12,16)(H,13,14,15). The number of nitrogens with two attached hydrogens (primary N) is 1. The zero-order chi connectivity index (χ0) is 12.4. The van der Waals surface area contributed by atoms with E-state index in [2.05, 4.69) is 10.3 Å². The average molecular weight is 269 g/mol. The summed E-state index contributed by atoms with van der Waals surface area (Å²) in [6.45, 7) is 1.89. The van der Waals surface area contributed by atoms with Gasteiger partial charge < -0.3 is 11.1 Å². The summed E-state index contributed by atoms with van der Waals surface area (Å²) in [5, 5.41) is 5.43. The van der Waals surface area contributed by atoms with Crippen molar-refractivity contribution in [1.29, 1.82) is 0 Å². The Morgan fingerprint density at radius 1 is 1.76 bits per heavy atom. The van der Waals surface area contributed by atoms with Crippen LogP contribution in [0.1, 0.15) is 37.8 Å². The SMILES string of the molecule is CCC(C(=O)Nc1nc(C2CC2)cs1)C(N)=S. The largest absolute Gasteiger partial charge is 0.393 e. The molecule has 0 radical (unpaired) electrons. The number of aromatic nitrogens is 1. The van der Waals surface area contributed by atoms with Gasteiger partial charge in [0, 0.05) is 11.3 Å². The number of hydrogen-bond donors (Lipinski definition) is 2. The maximum absolute atomic E-state index is 11.9. The zero-order valence-electron chi connectivity index (χ0n) is 9.60. The van der Waals surface area contributed by atoms with Crippen molar-refractivity contribution in [3.05, 3.63) is 11.1 Å². The minimum Gasteiger partial charge on any atom is -0.393 e. The fourth-order valence-electron chi connectivity index (χ4n) is 1.62. The van der Waals surface area contributed by atoms with Gasteiger partial charge in [-0.25, -0.2) is 4.98 Å². The van der Waals surface area contributed by atoms with Crippen LogP contribution in [0.2, 0.25) is 0 Å². The molecule has 1 amide bonds. The summed E-state index contributed by atoms with van der Waals surface area (Å²) < 4.78 is 0. The lowest BCUT2D eigenvalue weighted by molar-refractivity contribution is -0.118. The van der Waals surface area contributed by atoms with Crippen LogP contribution in [0, 0.1) is 5.92 Å². The predicted molar refractivity (Wildman–Crippen MR) is 73.3 cm³/mol. The Hall–Kier alpha value is -1.01. The molecule has 2 rings (SSSR count). The number of rotatable bonds is 5. The van der Waals surface area contributed by atoms with Crippen LogP contribution in [0.25, 0.3) is 0 Å². The molecule has 17 heavy (non-hydrogen) atoms. The molecule has 4 nitrogen and oxygen atoms in total. The molecule has 0 aliphatic heterocycles. The second-order valence-corrected chi connectivity index (χ2v) is 5.53. The number of thiazole rings is 1. The topological polar surface area (TPSA) is 68.0 Å². The summed E-state index contributed by atoms with van der Waals surface area (Å²) >= 11 is 6.32. The summed E-state index contributed by atoms with van der Waals surface area (Å²) in [7, 11) is 0. The molecule has 1 heterocycles. The fourth-order valence-corrected chi connectivity index (χ4v) is 2.69. The summed E-state index contributed by atoms with van der Waals surface area (Å²) in [5.74, 6) is 0.0458. The Bertz CT molecular complexity index is 440. The minimum atomic E-state index is -0.404. The molecule has 1 saturated carbocycles. The molecule has 1 atom stereocenters. The number of nitrogens with zero attached hydrogens (tertiary/aromatic N) is 1. The summed E-state index contributed by atoms with van der Waals surface area (Å²) in [5.41, 5.74) is 6.61. The summed E-state index contributed by atoms with van der Waals surface area (Å²) in [6, 6.07) is 0. The molecule has 1 aliphatic carbocycles. The van der Waals surface area contributed by atoms with Crippen molar-refractivity contribution in [3.8, 4) is 0 Å². The molecule has 1 aromatic rings. The van der Waals surface area contributed by atoms with Crippen molar-refractivity contribution in [2.45, 2.75) is 32.1 Å². The molecule has 92 valence electrons. The number of carbonyl (C=O) groups excluding carboxylic acids is 1. The lowest BCUT2D eigenvalue weighted by Crippen LogP contribution is -2.32. The van der Waals surface area contributed by atoms with Gasteiger partial charge in [-0.3, -0.25) is 4.79 Å². The van der Waals surface area contributed by atoms with Crippen molar-refractivity contribution >= 4 is 39.6 Å². The van der Waals surface area contributed by atoms with Gasteiger partial charge in [-0.15, -0.1) is 11.3 Å². The Morgan fingerprint density at radius 3 is 3.00 bits per heavy atom. The molecule has 0 saturated heterocycles. The number of hydrogen-bond acceptors (Lipinski definition) is 4. The molecular formula is C11H15N3OS2. The van der Waals surface area contributed by atoms with Crippen molar-refractivity contribution in [2.75, 3.05) is 5.32 Å². The van der Waals surface area contributed by atoms with Gasteiger partial charge in [0.25, 0.3) is 0 Å². The monoisotopic (exact) mass is 269 g/mol. The first kappa shape index (κ1) is 12.4. The third-order valence-electron chi connectivity index (χ3n) is 2.82. The van der Waals surface area contributed by atoms with Gasteiger partial charge in [0.15, 0.2) is 5.13 Å². The van der Waals surface area contributed by atoms with Crippen molar-refractivity contribution in [1.82, 2.24) is 4.98 Å². The highest BCUT2D eigenvalue weighted by Gasteiger charge is 2.27. The van der Waals surface area contributed by atoms with E-state index < -0.39 is 5.92 Å². The molecule has 1 aliphatic rings. The highest BCUT2D eigenvalue weighted by Crippen LogP contribution is 2.40. The van der Waals surface area contributed by atoms with Crippen LogP contribution in [0.4, 0.5) is 5.13 Å². The van der Waals surface area contributed by atoms with Crippen LogP contribution < -0.4 is 11.1 Å². The van der Waals surface area contributed by atoms with Crippen LogP contribution in [-0.4, -0.2) is 15.9 Å². The summed E-state index contributed by atoms with van der Waals surface area (Å²) in [6.07, 6.45) is 3.03. The second-order valence-electron chi connectivity index (χ2n) is 4.20. The molecule has 0 spiro atoms. The van der Waals surface area contributed by atoms with E-state index in [4.69, 9.17) is 18.0 Å². The van der Waals surface area contributed by atoms with Gasteiger partial charge >= 0.3 is 0 Å². The van der Waals surface area contributed by atoms with E-state index in [1.54, 1.807) is 0 Å². The molecule has 0 bridgehead atoms. The molecular weight excluding hydrogens is 254 g/mol. The first-order valence-corrected chi connectivity index (χ1v) is 6.96. The first-order chi connectivity index (χ1) is 8.11. The van der Waals surface area contributed by atoms with Crippen LogP contribution in [0.15, 0.2) is 5.38 Å². The zero-order valence-corrected chi connectivity index (χ0v) is 11.2. The molecule has 1 aromatic heterocycles. The van der Waals surface area contributed by atoms with Gasteiger partial charge in [-0.1, -0.05) is 19.1 Å². The molecule has 1 unspecified atom stereocenters. The number of nitrogens with one attached hydrogen (secondary N) is 1. The van der Waals surface area contributed by atoms with Crippen molar-refractivity contribution < 1.29 is 4.79 Å². The Labute approximate surface area is 110 Å². The maximum atomic E-state index is 11.9. The lowest BCUT2D eigenvalue weighted by atomic mass is 10.1. The Kier molecular flexibility index (Phi) is 3.73. The second kappa shape index (κ2) is 5.10. The highest BCUT2D eigenvalue weighted by atomic mass is 32.1. The first-order valence-electron chi connectivity index (χ1n) is 5.67. The van der Waals surface area contributed by atoms with E-state index in [1.807, 2.05) is 12.3 Å². The molecule has 1 fully saturated rings. The van der Waals surface area contributed by atoms with E-state index in [9.17, 15) is 4.79 Å². The highest BCUT2D eigenvalue weighted by molar-refractivity contribution is 7.80. The fraction of sp³-hybridized carbons (Fsp3) is 0.545. The smallest absolute Gasteiger partial charge is 0.236 e. The normalized spacial score (nSPS) is 16.5. The van der Waals surface area contributed by atoms with E-state index in [0.29, 0.717) is 17.5 Å². The minimum absolute atomic E-state index is 0.156. The number of anilines is 1. The van der Waals surface area contributed by atoms with Crippen LogP contribution in [0.3, 0.4) is 0 Å². The lowest BCUT2D eigenvalue weighted by Gasteiger charge is -2.11. The number of amides is 1. The average Bonchev–Trinajstić information content (AvgIpc) is 3.01. The van der Waals surface area contributed by atoms with Gasteiger partial charge in [-0.05, 0) is 19.3 Å². The predicted octanol–water partition coefficient (Wildman–Crippen LogP) is 2.27. The van der Waals surface area contributed by atoms with Gasteiger partial charge in [-0.2, -0.15) is 0 Å². The quantitative estimate of drug-likeness (QED) is 0.805. The van der Waals surface area contributed by atoms with Gasteiger partial charge in [0.05, 0.1) is 16.6 Å². The molecule has 3 N–H and O–H groups in total. The summed E-state index contributed by atoms with van der Waals surface area (Å²) in [4.78, 5) is 16.5. The van der Waals surface area contributed by atoms with Crippen molar-refractivity contribution in [2.24, 2.45) is 11.7 Å². The number of thiocarbonyl (C=S) groups is 1. The number of carbonyl (C=O) groups is 1. The Balaban J connectivity index is 1.98. The maximum Gasteiger partial charge on any atom is 0.236 e. The van der Waals surface area contributed by atoms with Crippen LogP contribution in [-0.2, 0) is 4.79 Å². The molecule has 6 heteroatoms. The van der Waals surface area contributed by atoms with Crippen LogP contribution >= 0.6 is 23.6 Å². The van der Waals surface area contributed by atoms with Gasteiger partial charge in [0.1, 0.15) is 0 Å². The van der Waals surface area contributed by atoms with Gasteiger partial charge in [0.2, 0.25) is 5.91 Å². The van der Waals surface area contributed by atoms with E-state index in [0.717, 1.165) is 5.69 Å². The van der Waals surface area contributed by atoms with Crippen molar-refractivity contribution in [3.63, 3.8) is 0 Å². The van der Waals surface area contributed by atoms with E-state index in [-0.39, 0.29) is 10.9 Å².